The van der Waals surface area contributed by atoms with E-state index in [9.17, 15) is 0 Å². The molecule has 0 spiro atoms. The molecular formula is C54H43N3O. The van der Waals surface area contributed by atoms with Crippen LogP contribution in [0.3, 0.4) is 0 Å². The first-order chi connectivity index (χ1) is 28.2. The van der Waals surface area contributed by atoms with Gasteiger partial charge in [0.15, 0.2) is 5.82 Å². The van der Waals surface area contributed by atoms with Crippen molar-refractivity contribution in [2.24, 2.45) is 0 Å². The van der Waals surface area contributed by atoms with Gasteiger partial charge in [-0.2, -0.15) is 4.98 Å². The van der Waals surface area contributed by atoms with Crippen molar-refractivity contribution in [1.29, 1.82) is 0 Å². The van der Waals surface area contributed by atoms with Crippen molar-refractivity contribution in [2.45, 2.75) is 51.4 Å². The molecule has 0 N–H and O–H groups in total. The Balaban J connectivity index is 1.14. The molecule has 1 aliphatic carbocycles. The molecule has 0 amide bonds. The summed E-state index contributed by atoms with van der Waals surface area (Å²) >= 11 is 0. The summed E-state index contributed by atoms with van der Waals surface area (Å²) in [6.45, 7) is 9.62. The van der Waals surface area contributed by atoms with Gasteiger partial charge in [0.2, 0.25) is 5.71 Å². The quantitative estimate of drug-likeness (QED) is 0.176. The van der Waals surface area contributed by atoms with Crippen LogP contribution in [0.5, 0.6) is 0 Å². The van der Waals surface area contributed by atoms with Gasteiger partial charge in [-0.15, -0.1) is 0 Å². The summed E-state index contributed by atoms with van der Waals surface area (Å²) in [6.07, 6.45) is 2.35. The largest absolute Gasteiger partial charge is 0.438 e. The molecule has 0 radical (unpaired) electrons. The third-order valence-electron chi connectivity index (χ3n) is 12.7. The first-order valence-corrected chi connectivity index (χ1v) is 20.4. The smallest absolute Gasteiger partial charge is 0.231 e. The minimum absolute atomic E-state index is 0.0899. The van der Waals surface area contributed by atoms with Gasteiger partial charge in [-0.05, 0) is 112 Å². The number of fused-ring (bicyclic) bond motifs is 7. The van der Waals surface area contributed by atoms with Crippen LogP contribution in [0.25, 0.3) is 94.5 Å². The van der Waals surface area contributed by atoms with Crippen LogP contribution in [0.1, 0.15) is 51.7 Å². The number of hydrogen-bond acceptors (Lipinski definition) is 3. The van der Waals surface area contributed by atoms with Crippen molar-refractivity contribution < 1.29 is 4.42 Å². The van der Waals surface area contributed by atoms with Gasteiger partial charge in [-0.1, -0.05) is 137 Å². The highest BCUT2D eigenvalue weighted by Crippen LogP contribution is 2.49. The minimum Gasteiger partial charge on any atom is -0.438 e. The molecule has 7 aromatic carbocycles. The Hall–Kier alpha value is -6.78. The van der Waals surface area contributed by atoms with Crippen LogP contribution in [0.15, 0.2) is 168 Å². The second-order valence-electron chi connectivity index (χ2n) is 17.3. The van der Waals surface area contributed by atoms with Gasteiger partial charge in [0, 0.05) is 33.0 Å². The predicted molar refractivity (Wildman–Crippen MR) is 241 cm³/mol. The fourth-order valence-electron chi connectivity index (χ4n) is 9.41. The van der Waals surface area contributed by atoms with E-state index in [0.717, 1.165) is 61.1 Å². The van der Waals surface area contributed by atoms with Gasteiger partial charge in [0.25, 0.3) is 0 Å². The molecule has 4 heteroatoms. The van der Waals surface area contributed by atoms with Crippen molar-refractivity contribution in [2.75, 3.05) is 0 Å². The van der Waals surface area contributed by atoms with Crippen LogP contribution in [-0.4, -0.2) is 14.5 Å². The zero-order valence-electron chi connectivity index (χ0n) is 33.3. The highest BCUT2D eigenvalue weighted by Gasteiger charge is 2.38. The van der Waals surface area contributed by atoms with Crippen molar-refractivity contribution in [1.82, 2.24) is 14.5 Å². The molecule has 0 saturated heterocycles. The fraction of sp³-hybridized carbons (Fsp3) is 0.148. The normalized spacial score (nSPS) is 14.7. The van der Waals surface area contributed by atoms with E-state index in [1.165, 1.54) is 45.8 Å². The predicted octanol–water partition coefficient (Wildman–Crippen LogP) is 14.5. The molecular weight excluding hydrogens is 707 g/mol. The van der Waals surface area contributed by atoms with Crippen LogP contribution in [-0.2, 0) is 10.8 Å². The van der Waals surface area contributed by atoms with Gasteiger partial charge < -0.3 is 8.98 Å². The monoisotopic (exact) mass is 749 g/mol. The van der Waals surface area contributed by atoms with Crippen LogP contribution in [0, 0.1) is 0 Å². The summed E-state index contributed by atoms with van der Waals surface area (Å²) in [5.41, 5.74) is 15.3. The lowest BCUT2D eigenvalue weighted by molar-refractivity contribution is 0.332. The summed E-state index contributed by atoms with van der Waals surface area (Å²) in [6, 6.07) is 58.6. The van der Waals surface area contributed by atoms with Crippen LogP contribution >= 0.6 is 0 Å². The van der Waals surface area contributed by atoms with E-state index in [2.05, 4.69) is 184 Å². The Morgan fingerprint density at radius 2 is 1.05 bits per heavy atom. The zero-order valence-corrected chi connectivity index (χ0v) is 33.3. The third-order valence-corrected chi connectivity index (χ3v) is 12.7. The maximum Gasteiger partial charge on any atom is 0.231 e. The second-order valence-corrected chi connectivity index (χ2v) is 17.3. The highest BCUT2D eigenvalue weighted by molar-refractivity contribution is 6.12. The number of rotatable bonds is 5. The molecule has 3 heterocycles. The maximum absolute atomic E-state index is 6.56. The van der Waals surface area contributed by atoms with E-state index < -0.39 is 0 Å². The molecule has 4 nitrogen and oxygen atoms in total. The van der Waals surface area contributed by atoms with Crippen LogP contribution in [0.2, 0.25) is 0 Å². The highest BCUT2D eigenvalue weighted by atomic mass is 16.3. The summed E-state index contributed by atoms with van der Waals surface area (Å²) < 4.78 is 8.99. The van der Waals surface area contributed by atoms with Gasteiger partial charge in [0.05, 0.1) is 22.1 Å². The molecule has 11 rings (SSSR count). The molecule has 10 aromatic rings. The van der Waals surface area contributed by atoms with Crippen molar-refractivity contribution in [3.8, 4) is 50.6 Å². The average molecular weight is 750 g/mol. The molecule has 0 atom stereocenters. The second kappa shape index (κ2) is 12.9. The molecule has 0 fully saturated rings. The topological polar surface area (TPSA) is 43.9 Å². The van der Waals surface area contributed by atoms with Crippen LogP contribution < -0.4 is 0 Å². The zero-order chi connectivity index (χ0) is 39.2. The summed E-state index contributed by atoms with van der Waals surface area (Å²) in [4.78, 5) is 10.7. The van der Waals surface area contributed by atoms with E-state index in [1.54, 1.807) is 0 Å². The number of aromatic nitrogens is 3. The van der Waals surface area contributed by atoms with Crippen molar-refractivity contribution in [3.63, 3.8) is 0 Å². The Kier molecular flexibility index (Phi) is 7.65. The first kappa shape index (κ1) is 34.5. The van der Waals surface area contributed by atoms with E-state index in [0.29, 0.717) is 11.5 Å². The Bertz CT molecular complexity index is 3160. The third kappa shape index (κ3) is 5.50. The Morgan fingerprint density at radius 1 is 0.466 bits per heavy atom. The first-order valence-electron chi connectivity index (χ1n) is 20.4. The van der Waals surface area contributed by atoms with Gasteiger partial charge in [-0.3, -0.25) is 0 Å². The molecule has 0 unspecified atom stereocenters. The Morgan fingerprint density at radius 3 is 1.76 bits per heavy atom. The number of benzene rings is 7. The molecule has 58 heavy (non-hydrogen) atoms. The molecule has 1 aliphatic rings. The minimum atomic E-state index is 0.0899. The van der Waals surface area contributed by atoms with E-state index >= 15 is 0 Å². The van der Waals surface area contributed by atoms with Crippen molar-refractivity contribution >= 4 is 43.9 Å². The lowest BCUT2D eigenvalue weighted by Gasteiger charge is -2.42. The van der Waals surface area contributed by atoms with Gasteiger partial charge in [0.1, 0.15) is 5.58 Å². The number of nitrogens with zero attached hydrogens (tertiary/aromatic N) is 3. The van der Waals surface area contributed by atoms with Gasteiger partial charge >= 0.3 is 0 Å². The van der Waals surface area contributed by atoms with E-state index in [4.69, 9.17) is 14.4 Å². The summed E-state index contributed by atoms with van der Waals surface area (Å²) in [7, 11) is 0. The number of para-hydroxylation sites is 2. The number of furan rings is 1. The van der Waals surface area contributed by atoms with E-state index in [-0.39, 0.29) is 10.8 Å². The SMILES string of the molecule is CC1(C)CCC(C)(C)c2cc3c(cc21)c1ccccc1n3-c1cccc(-c2nc(-c3cc(-c4ccccc4)cc(-c4ccccc4)c3)c3c(n2)oc2ccccc23)c1. The fourth-order valence-corrected chi connectivity index (χ4v) is 9.41. The van der Waals surface area contributed by atoms with Gasteiger partial charge in [-0.25, -0.2) is 4.98 Å². The summed E-state index contributed by atoms with van der Waals surface area (Å²) in [5.74, 6) is 0.621. The molecule has 280 valence electrons. The lowest BCUT2D eigenvalue weighted by Crippen LogP contribution is -2.33. The standard InChI is InChI=1S/C54H43N3O/c1-53(2)26-27-54(3,4)45-33-47-43(32-44(45)53)41-22-11-13-24-46(41)57(47)40-21-15-20-36(31-40)51-55-50(49-42-23-12-14-25-48(42)58-52(49)56-51)39-29-37(34-16-7-5-8-17-34)28-38(30-39)35-18-9-6-10-19-35/h5-25,28-33H,26-27H2,1-4H3. The number of hydrogen-bond donors (Lipinski definition) is 0. The van der Waals surface area contributed by atoms with Crippen molar-refractivity contribution in [3.05, 3.63) is 175 Å². The molecule has 3 aromatic heterocycles. The molecule has 0 aliphatic heterocycles. The maximum atomic E-state index is 6.56. The lowest BCUT2D eigenvalue weighted by atomic mass is 9.63. The summed E-state index contributed by atoms with van der Waals surface area (Å²) in [5, 5.41) is 4.47. The Labute approximate surface area is 338 Å². The molecule has 0 saturated carbocycles. The van der Waals surface area contributed by atoms with E-state index in [1.807, 2.05) is 12.1 Å². The average Bonchev–Trinajstić information content (AvgIpc) is 3.80. The molecule has 0 bridgehead atoms. The van der Waals surface area contributed by atoms with Crippen LogP contribution in [0.4, 0.5) is 0 Å².